The van der Waals surface area contributed by atoms with Crippen molar-refractivity contribution in [3.05, 3.63) is 71.8 Å². The Morgan fingerprint density at radius 2 is 1.74 bits per heavy atom. The predicted molar refractivity (Wildman–Crippen MR) is 84.3 cm³/mol. The van der Waals surface area contributed by atoms with E-state index in [0.717, 1.165) is 11.6 Å². The first-order chi connectivity index (χ1) is 11.1. The van der Waals surface area contributed by atoms with Gasteiger partial charge in [-0.25, -0.2) is 0 Å². The van der Waals surface area contributed by atoms with Crippen LogP contribution < -0.4 is 15.2 Å². The summed E-state index contributed by atoms with van der Waals surface area (Å²) in [5.41, 5.74) is 1.72. The first kappa shape index (κ1) is 16.3. The molecule has 2 aromatic carbocycles. The van der Waals surface area contributed by atoms with Crippen LogP contribution in [0.15, 0.2) is 60.7 Å². The van der Waals surface area contributed by atoms with Crippen LogP contribution in [0.25, 0.3) is 6.08 Å². The highest BCUT2D eigenvalue weighted by molar-refractivity contribution is 5.83. The quantitative estimate of drug-likeness (QED) is 0.778. The van der Waals surface area contributed by atoms with Gasteiger partial charge in [-0.3, -0.25) is 4.79 Å². The number of nitrogens with one attached hydrogen (secondary N) is 1. The Morgan fingerprint density at radius 3 is 2.39 bits per heavy atom. The van der Waals surface area contributed by atoms with E-state index in [9.17, 15) is 14.7 Å². The summed E-state index contributed by atoms with van der Waals surface area (Å²) in [7, 11) is 0. The van der Waals surface area contributed by atoms with Crippen molar-refractivity contribution in [2.75, 3.05) is 6.61 Å². The molecule has 1 N–H and O–H groups in total. The molecule has 0 aliphatic heterocycles. The van der Waals surface area contributed by atoms with Crippen LogP contribution in [0.5, 0.6) is 5.75 Å². The van der Waals surface area contributed by atoms with Gasteiger partial charge in [0.2, 0.25) is 0 Å². The molecular weight excluding hydrogens is 294 g/mol. The summed E-state index contributed by atoms with van der Waals surface area (Å²) in [5.74, 6) is -0.930. The molecule has 23 heavy (non-hydrogen) atoms. The third-order valence-electron chi connectivity index (χ3n) is 2.99. The molecule has 0 spiro atoms. The molecule has 0 aromatic heterocycles. The maximum atomic E-state index is 11.7. The number of carbonyl (C=O) groups excluding carboxylic acids is 2. The summed E-state index contributed by atoms with van der Waals surface area (Å²) in [5, 5.41) is 13.1. The lowest BCUT2D eigenvalue weighted by molar-refractivity contribution is -0.297. The van der Waals surface area contributed by atoms with E-state index in [1.807, 2.05) is 30.3 Å². The number of carbonyl (C=O) groups is 2. The molecule has 2 rings (SSSR count). The fraction of sp³-hybridized carbons (Fsp3) is 0.111. The average Bonchev–Trinajstić information content (AvgIpc) is 2.58. The van der Waals surface area contributed by atoms with Crippen molar-refractivity contribution >= 4 is 18.0 Å². The molecule has 0 atom stereocenters. The van der Waals surface area contributed by atoms with Crippen LogP contribution in [-0.2, 0) is 16.1 Å². The second kappa shape index (κ2) is 8.38. The number of carboxylic acid groups (broad SMARTS) is 1. The Bertz CT molecular complexity index is 678. The summed E-state index contributed by atoms with van der Waals surface area (Å²) in [6.07, 6.45) is 2.37. The molecule has 0 aliphatic rings. The van der Waals surface area contributed by atoms with Gasteiger partial charge < -0.3 is 20.0 Å². The van der Waals surface area contributed by atoms with Gasteiger partial charge in [0.25, 0.3) is 5.91 Å². The zero-order chi connectivity index (χ0) is 16.5. The number of benzene rings is 2. The normalized spacial score (nSPS) is 10.4. The summed E-state index contributed by atoms with van der Waals surface area (Å²) in [6, 6.07) is 16.3. The molecule has 0 saturated heterocycles. The highest BCUT2D eigenvalue weighted by atomic mass is 16.5. The Hall–Kier alpha value is -3.08. The predicted octanol–water partition coefficient (Wildman–Crippen LogP) is 1.14. The van der Waals surface area contributed by atoms with E-state index in [1.54, 1.807) is 24.3 Å². The van der Waals surface area contributed by atoms with Gasteiger partial charge in [0.15, 0.2) is 6.61 Å². The Morgan fingerprint density at radius 1 is 1.04 bits per heavy atom. The average molecular weight is 310 g/mol. The van der Waals surface area contributed by atoms with Gasteiger partial charge in [-0.15, -0.1) is 0 Å². The number of carboxylic acids is 1. The highest BCUT2D eigenvalue weighted by Crippen LogP contribution is 2.13. The lowest BCUT2D eigenvalue weighted by atomic mass is 10.2. The number of amides is 1. The standard InChI is InChI=1S/C18H17NO4/c20-17(19-12-15-4-2-1-3-5-15)13-23-16-9-6-14(7-10-16)8-11-18(21)22/h1-11H,12-13H2,(H,19,20)(H,21,22)/p-1/b11-8+. The van der Waals surface area contributed by atoms with E-state index < -0.39 is 5.97 Å². The van der Waals surface area contributed by atoms with Crippen LogP contribution in [0, 0.1) is 0 Å². The smallest absolute Gasteiger partial charge is 0.258 e. The summed E-state index contributed by atoms with van der Waals surface area (Å²) in [6.45, 7) is 0.372. The van der Waals surface area contributed by atoms with E-state index in [-0.39, 0.29) is 12.5 Å². The Kier molecular flexibility index (Phi) is 5.94. The minimum absolute atomic E-state index is 0.0823. The van der Waals surface area contributed by atoms with Crippen LogP contribution in [0.1, 0.15) is 11.1 Å². The summed E-state index contributed by atoms with van der Waals surface area (Å²) >= 11 is 0. The molecule has 0 saturated carbocycles. The van der Waals surface area contributed by atoms with Crippen molar-refractivity contribution in [2.24, 2.45) is 0 Å². The second-order valence-electron chi connectivity index (χ2n) is 4.77. The topological polar surface area (TPSA) is 78.5 Å². The van der Waals surface area contributed by atoms with E-state index in [4.69, 9.17) is 4.74 Å². The zero-order valence-corrected chi connectivity index (χ0v) is 12.4. The maximum Gasteiger partial charge on any atom is 0.258 e. The van der Waals surface area contributed by atoms with Crippen molar-refractivity contribution in [1.82, 2.24) is 5.32 Å². The van der Waals surface area contributed by atoms with Gasteiger partial charge in [-0.1, -0.05) is 48.5 Å². The van der Waals surface area contributed by atoms with Crippen LogP contribution in [0.4, 0.5) is 0 Å². The zero-order valence-electron chi connectivity index (χ0n) is 12.4. The van der Waals surface area contributed by atoms with Gasteiger partial charge in [-0.05, 0) is 29.3 Å². The first-order valence-corrected chi connectivity index (χ1v) is 7.06. The minimum Gasteiger partial charge on any atom is -0.545 e. The maximum absolute atomic E-state index is 11.7. The molecule has 2 aromatic rings. The number of ether oxygens (including phenoxy) is 1. The highest BCUT2D eigenvalue weighted by Gasteiger charge is 2.02. The third kappa shape index (κ3) is 6.05. The fourth-order valence-corrected chi connectivity index (χ4v) is 1.84. The number of hydrogen-bond acceptors (Lipinski definition) is 4. The number of aliphatic carboxylic acids is 1. The molecular formula is C18H16NO4-. The molecule has 0 unspecified atom stereocenters. The van der Waals surface area contributed by atoms with E-state index >= 15 is 0 Å². The SMILES string of the molecule is O=C([O-])/C=C/c1ccc(OCC(=O)NCc2ccccc2)cc1. The van der Waals surface area contributed by atoms with Crippen LogP contribution in [-0.4, -0.2) is 18.5 Å². The van der Waals surface area contributed by atoms with Gasteiger partial charge in [0, 0.05) is 6.54 Å². The van der Waals surface area contributed by atoms with E-state index in [1.165, 1.54) is 6.08 Å². The largest absolute Gasteiger partial charge is 0.545 e. The van der Waals surface area contributed by atoms with Crippen molar-refractivity contribution in [1.29, 1.82) is 0 Å². The minimum atomic E-state index is -1.25. The lowest BCUT2D eigenvalue weighted by Gasteiger charge is -2.08. The van der Waals surface area contributed by atoms with Gasteiger partial charge in [-0.2, -0.15) is 0 Å². The molecule has 0 heterocycles. The molecule has 5 nitrogen and oxygen atoms in total. The van der Waals surface area contributed by atoms with Crippen LogP contribution in [0.3, 0.4) is 0 Å². The van der Waals surface area contributed by atoms with Crippen molar-refractivity contribution in [2.45, 2.75) is 6.54 Å². The summed E-state index contributed by atoms with van der Waals surface area (Å²) in [4.78, 5) is 22.0. The van der Waals surface area contributed by atoms with Crippen molar-refractivity contribution in [3.8, 4) is 5.75 Å². The van der Waals surface area contributed by atoms with Crippen LogP contribution >= 0.6 is 0 Å². The van der Waals surface area contributed by atoms with Crippen molar-refractivity contribution < 1.29 is 19.4 Å². The van der Waals surface area contributed by atoms with Gasteiger partial charge in [0.1, 0.15) is 5.75 Å². The van der Waals surface area contributed by atoms with E-state index in [0.29, 0.717) is 17.9 Å². The van der Waals surface area contributed by atoms with Crippen molar-refractivity contribution in [3.63, 3.8) is 0 Å². The molecule has 0 bridgehead atoms. The molecule has 0 fully saturated rings. The first-order valence-electron chi connectivity index (χ1n) is 7.06. The molecule has 5 heteroatoms. The lowest BCUT2D eigenvalue weighted by Crippen LogP contribution is -2.28. The Labute approximate surface area is 134 Å². The summed E-state index contributed by atoms with van der Waals surface area (Å²) < 4.78 is 5.37. The Balaban J connectivity index is 1.76. The van der Waals surface area contributed by atoms with Crippen LogP contribution in [0.2, 0.25) is 0 Å². The number of hydrogen-bond donors (Lipinski definition) is 1. The fourth-order valence-electron chi connectivity index (χ4n) is 1.84. The molecule has 0 radical (unpaired) electrons. The van der Waals surface area contributed by atoms with Gasteiger partial charge >= 0.3 is 0 Å². The monoisotopic (exact) mass is 310 g/mol. The van der Waals surface area contributed by atoms with E-state index in [2.05, 4.69) is 5.32 Å². The third-order valence-corrected chi connectivity index (χ3v) is 2.99. The molecule has 118 valence electrons. The molecule has 0 aliphatic carbocycles. The molecule has 1 amide bonds. The number of rotatable bonds is 7. The second-order valence-corrected chi connectivity index (χ2v) is 4.77. The van der Waals surface area contributed by atoms with Gasteiger partial charge in [0.05, 0.1) is 5.97 Å².